The van der Waals surface area contributed by atoms with Crippen LogP contribution in [0.3, 0.4) is 0 Å². The Kier molecular flexibility index (Phi) is 5.18. The van der Waals surface area contributed by atoms with Crippen molar-refractivity contribution in [3.8, 4) is 0 Å². The van der Waals surface area contributed by atoms with Crippen LogP contribution >= 0.6 is 0 Å². The molecule has 0 spiro atoms. The fourth-order valence-corrected chi connectivity index (χ4v) is 4.33. The van der Waals surface area contributed by atoms with Crippen LogP contribution in [0.4, 0.5) is 11.4 Å². The summed E-state index contributed by atoms with van der Waals surface area (Å²) in [5.74, 6) is 0. The Morgan fingerprint density at radius 3 is 2.55 bits per heavy atom. The smallest absolute Gasteiger partial charge is 0.276 e. The van der Waals surface area contributed by atoms with Gasteiger partial charge in [-0.05, 0) is 30.7 Å². The third-order valence-electron chi connectivity index (χ3n) is 5.11. The highest BCUT2D eigenvalue weighted by Crippen LogP contribution is 2.46. The number of fused-ring (bicyclic) bond motifs is 1. The number of allylic oxidation sites excluding steroid dienone is 2. The van der Waals surface area contributed by atoms with E-state index in [1.165, 1.54) is 23.9 Å². The molecular weight excluding hydrogens is 392 g/mol. The van der Waals surface area contributed by atoms with Gasteiger partial charge in [0.2, 0.25) is 0 Å². The van der Waals surface area contributed by atoms with Crippen LogP contribution in [0.5, 0.6) is 0 Å². The van der Waals surface area contributed by atoms with Gasteiger partial charge in [0.15, 0.2) is 0 Å². The molecule has 0 aromatic heterocycles. The maximum Gasteiger partial charge on any atom is 0.276 e. The molecule has 29 heavy (non-hydrogen) atoms. The first-order valence-electron chi connectivity index (χ1n) is 8.89. The number of likely N-dealkylation sites (N-methyl/N-ethyl adjacent to an activating group) is 1. The predicted molar refractivity (Wildman–Crippen MR) is 113 cm³/mol. The number of rotatable bonds is 5. The van der Waals surface area contributed by atoms with Gasteiger partial charge in [0, 0.05) is 41.7 Å². The third-order valence-corrected chi connectivity index (χ3v) is 6.33. The molecule has 0 bridgehead atoms. The van der Waals surface area contributed by atoms with Gasteiger partial charge in [-0.3, -0.25) is 10.1 Å². The van der Waals surface area contributed by atoms with Gasteiger partial charge in [-0.25, -0.2) is 4.83 Å². The Bertz CT molecular complexity index is 1140. The van der Waals surface area contributed by atoms with Crippen molar-refractivity contribution in [2.45, 2.75) is 31.1 Å². The summed E-state index contributed by atoms with van der Waals surface area (Å²) in [4.78, 5) is 14.4. The van der Waals surface area contributed by atoms with Crippen LogP contribution in [0.2, 0.25) is 0 Å². The molecule has 3 rings (SSSR count). The first-order chi connectivity index (χ1) is 13.6. The lowest BCUT2D eigenvalue weighted by atomic mass is 9.84. The first kappa shape index (κ1) is 20.5. The molecule has 1 heterocycles. The zero-order valence-corrected chi connectivity index (χ0v) is 17.4. The third kappa shape index (κ3) is 3.73. The molecule has 9 heteroatoms. The number of hydrazone groups is 1. The topological polar surface area (TPSA) is 105 Å². The van der Waals surface area contributed by atoms with E-state index in [2.05, 4.69) is 29.8 Å². The normalized spacial score (nSPS) is 17.0. The van der Waals surface area contributed by atoms with Gasteiger partial charge in [0.05, 0.1) is 9.82 Å². The van der Waals surface area contributed by atoms with E-state index in [1.54, 1.807) is 13.0 Å². The fourth-order valence-electron chi connectivity index (χ4n) is 3.52. The molecule has 0 atom stereocenters. The summed E-state index contributed by atoms with van der Waals surface area (Å²) in [5.41, 5.74) is 3.10. The molecule has 0 fully saturated rings. The van der Waals surface area contributed by atoms with Crippen molar-refractivity contribution in [3.05, 3.63) is 75.5 Å². The summed E-state index contributed by atoms with van der Waals surface area (Å²) in [6.45, 7) is 5.72. The number of hydrogen-bond acceptors (Lipinski definition) is 6. The average molecular weight is 414 g/mol. The number of nitro benzene ring substituents is 1. The quantitative estimate of drug-likeness (QED) is 0.458. The second kappa shape index (κ2) is 7.32. The minimum absolute atomic E-state index is 0.217. The highest BCUT2D eigenvalue weighted by molar-refractivity contribution is 7.89. The Labute approximate surface area is 169 Å². The molecule has 0 aliphatic carbocycles. The van der Waals surface area contributed by atoms with Crippen molar-refractivity contribution >= 4 is 27.6 Å². The number of sulfonamides is 1. The van der Waals surface area contributed by atoms with Crippen LogP contribution in [0.25, 0.3) is 0 Å². The zero-order valence-electron chi connectivity index (χ0n) is 16.6. The minimum atomic E-state index is -4.02. The second-order valence-electron chi connectivity index (χ2n) is 7.33. The number of aryl methyl sites for hydroxylation is 1. The average Bonchev–Trinajstić information content (AvgIpc) is 2.85. The Balaban J connectivity index is 1.82. The van der Waals surface area contributed by atoms with Crippen LogP contribution in [0, 0.1) is 17.0 Å². The van der Waals surface area contributed by atoms with E-state index >= 15 is 0 Å². The van der Waals surface area contributed by atoms with Gasteiger partial charge in [-0.2, -0.15) is 13.5 Å². The summed E-state index contributed by atoms with van der Waals surface area (Å²) in [6.07, 6.45) is 3.12. The van der Waals surface area contributed by atoms with Crippen molar-refractivity contribution in [2.75, 3.05) is 11.9 Å². The van der Waals surface area contributed by atoms with Crippen LogP contribution in [0.1, 0.15) is 25.0 Å². The van der Waals surface area contributed by atoms with Crippen LogP contribution < -0.4 is 9.73 Å². The molecule has 0 saturated heterocycles. The van der Waals surface area contributed by atoms with Gasteiger partial charge in [0.25, 0.3) is 15.7 Å². The molecule has 152 valence electrons. The number of anilines is 1. The lowest BCUT2D eigenvalue weighted by Crippen LogP contribution is -2.23. The summed E-state index contributed by atoms with van der Waals surface area (Å²) >= 11 is 0. The number of benzene rings is 2. The molecule has 2 aromatic rings. The Morgan fingerprint density at radius 1 is 1.21 bits per heavy atom. The summed E-state index contributed by atoms with van der Waals surface area (Å²) in [5, 5.41) is 14.8. The highest BCUT2D eigenvalue weighted by atomic mass is 32.2. The van der Waals surface area contributed by atoms with Gasteiger partial charge in [-0.1, -0.05) is 38.1 Å². The summed E-state index contributed by atoms with van der Waals surface area (Å²) in [7, 11) is -2.07. The zero-order chi connectivity index (χ0) is 21.4. The largest absolute Gasteiger partial charge is 0.347 e. The Hall–Kier alpha value is -3.20. The Morgan fingerprint density at radius 2 is 1.90 bits per heavy atom. The van der Waals surface area contributed by atoms with E-state index < -0.39 is 14.9 Å². The van der Waals surface area contributed by atoms with Crippen molar-refractivity contribution in [1.82, 2.24) is 4.83 Å². The van der Waals surface area contributed by atoms with Gasteiger partial charge >= 0.3 is 0 Å². The van der Waals surface area contributed by atoms with E-state index in [0.717, 1.165) is 17.5 Å². The number of nitrogens with zero attached hydrogens (tertiary/aromatic N) is 3. The molecule has 0 unspecified atom stereocenters. The van der Waals surface area contributed by atoms with E-state index in [0.29, 0.717) is 5.56 Å². The summed E-state index contributed by atoms with van der Waals surface area (Å²) in [6, 6.07) is 11.8. The second-order valence-corrected chi connectivity index (χ2v) is 8.99. The van der Waals surface area contributed by atoms with E-state index in [4.69, 9.17) is 0 Å². The molecule has 8 nitrogen and oxygen atoms in total. The maximum atomic E-state index is 12.4. The molecular formula is C20H22N4O4S. The van der Waals surface area contributed by atoms with Crippen LogP contribution in [-0.4, -0.2) is 26.6 Å². The molecule has 0 amide bonds. The predicted octanol–water partition coefficient (Wildman–Crippen LogP) is 3.48. The van der Waals surface area contributed by atoms with Gasteiger partial charge < -0.3 is 4.90 Å². The summed E-state index contributed by atoms with van der Waals surface area (Å²) < 4.78 is 24.8. The molecule has 1 N–H and O–H groups in total. The monoisotopic (exact) mass is 414 g/mol. The molecule has 1 aliphatic heterocycles. The molecule has 0 saturated carbocycles. The van der Waals surface area contributed by atoms with Crippen molar-refractivity contribution in [2.24, 2.45) is 5.10 Å². The first-order valence-corrected chi connectivity index (χ1v) is 10.4. The number of hydrogen-bond donors (Lipinski definition) is 1. The molecule has 1 aliphatic rings. The highest BCUT2D eigenvalue weighted by Gasteiger charge is 2.37. The number of para-hydroxylation sites is 1. The van der Waals surface area contributed by atoms with Gasteiger partial charge in [0.1, 0.15) is 0 Å². The van der Waals surface area contributed by atoms with Crippen LogP contribution in [-0.2, 0) is 15.4 Å². The number of nitro groups is 1. The SMILES string of the molecule is Cc1ccc(S(=O)(=O)N/N=C/C=C2\N(C)c3ccccc3C2(C)C)cc1[N+](=O)[O-]. The van der Waals surface area contributed by atoms with Gasteiger partial charge in [-0.15, -0.1) is 0 Å². The number of nitrogens with one attached hydrogen (secondary N) is 1. The standard InChI is InChI=1S/C20H22N4O4S/c1-14-9-10-15(13-18(14)24(25)26)29(27,28)22-21-12-11-19-20(2,3)16-7-5-6-8-17(16)23(19)4/h5-13,22H,1-4H3/b19-11-,21-12+. The maximum absolute atomic E-state index is 12.4. The van der Waals surface area contributed by atoms with Crippen LogP contribution in [0.15, 0.2) is 64.2 Å². The molecule has 2 aromatic carbocycles. The van der Waals surface area contributed by atoms with Crippen molar-refractivity contribution in [3.63, 3.8) is 0 Å². The van der Waals surface area contributed by atoms with E-state index in [-0.39, 0.29) is 16.0 Å². The molecule has 0 radical (unpaired) electrons. The lowest BCUT2D eigenvalue weighted by Gasteiger charge is -2.23. The van der Waals surface area contributed by atoms with E-state index in [9.17, 15) is 18.5 Å². The van der Waals surface area contributed by atoms with E-state index in [1.807, 2.05) is 30.1 Å². The fraction of sp³-hybridized carbons (Fsp3) is 0.250. The lowest BCUT2D eigenvalue weighted by molar-refractivity contribution is -0.385. The van der Waals surface area contributed by atoms with Crippen molar-refractivity contribution < 1.29 is 13.3 Å². The van der Waals surface area contributed by atoms with Crippen molar-refractivity contribution in [1.29, 1.82) is 0 Å². The minimum Gasteiger partial charge on any atom is -0.347 e.